The molecule has 1 heterocycles. The first-order valence-electron chi connectivity index (χ1n) is 7.49. The summed E-state index contributed by atoms with van der Waals surface area (Å²) >= 11 is 0. The molecule has 1 aliphatic carbocycles. The highest BCUT2D eigenvalue weighted by Gasteiger charge is 2.46. The number of carbonyl (C=O) groups is 2. The minimum Gasteiger partial charge on any atom is -0.481 e. The number of amides is 1. The van der Waals surface area contributed by atoms with Crippen LogP contribution in [0.5, 0.6) is 0 Å². The molecule has 0 aromatic carbocycles. The van der Waals surface area contributed by atoms with Crippen LogP contribution in [0.4, 0.5) is 0 Å². The normalized spacial score (nSPS) is 33.1. The van der Waals surface area contributed by atoms with Crippen molar-refractivity contribution in [1.82, 2.24) is 4.90 Å². The number of hydrogen-bond acceptors (Lipinski definition) is 3. The third-order valence-electron chi connectivity index (χ3n) is 4.78. The molecule has 0 aromatic rings. The average molecular weight is 283 g/mol. The van der Waals surface area contributed by atoms with Crippen LogP contribution in [0.1, 0.15) is 40.0 Å². The number of carboxylic acids is 1. The molecule has 2 rings (SSSR count). The van der Waals surface area contributed by atoms with Gasteiger partial charge >= 0.3 is 5.97 Å². The van der Waals surface area contributed by atoms with E-state index in [-0.39, 0.29) is 17.4 Å². The van der Waals surface area contributed by atoms with Gasteiger partial charge in [-0.05, 0) is 32.6 Å². The highest BCUT2D eigenvalue weighted by atomic mass is 16.5. The Bertz CT molecular complexity index is 393. The van der Waals surface area contributed by atoms with Gasteiger partial charge in [-0.3, -0.25) is 9.59 Å². The summed E-state index contributed by atoms with van der Waals surface area (Å²) in [6.07, 6.45) is 2.28. The average Bonchev–Trinajstić information content (AvgIpc) is 2.82. The van der Waals surface area contributed by atoms with Gasteiger partial charge in [0.1, 0.15) is 0 Å². The van der Waals surface area contributed by atoms with Crippen LogP contribution in [0, 0.1) is 17.8 Å². The minimum absolute atomic E-state index is 0.00153. The summed E-state index contributed by atoms with van der Waals surface area (Å²) in [7, 11) is 0. The maximum Gasteiger partial charge on any atom is 0.307 e. The molecule has 1 aliphatic heterocycles. The van der Waals surface area contributed by atoms with E-state index in [9.17, 15) is 14.7 Å². The summed E-state index contributed by atoms with van der Waals surface area (Å²) in [5.41, 5.74) is -0.345. The van der Waals surface area contributed by atoms with Crippen LogP contribution in [-0.2, 0) is 14.3 Å². The Balaban J connectivity index is 2.16. The predicted octanol–water partition coefficient (Wildman–Crippen LogP) is 1.76. The van der Waals surface area contributed by atoms with Crippen molar-refractivity contribution in [2.45, 2.75) is 45.6 Å². The fraction of sp³-hybridized carbons (Fsp3) is 0.867. The van der Waals surface area contributed by atoms with Gasteiger partial charge in [-0.2, -0.15) is 0 Å². The van der Waals surface area contributed by atoms with Crippen LogP contribution in [0.2, 0.25) is 0 Å². The second-order valence-electron chi connectivity index (χ2n) is 6.65. The van der Waals surface area contributed by atoms with Crippen molar-refractivity contribution < 1.29 is 19.4 Å². The Morgan fingerprint density at radius 1 is 1.30 bits per heavy atom. The van der Waals surface area contributed by atoms with Gasteiger partial charge in [-0.25, -0.2) is 0 Å². The molecule has 5 heteroatoms. The lowest BCUT2D eigenvalue weighted by molar-refractivity contribution is -0.157. The molecule has 2 aliphatic rings. The Kier molecular flexibility index (Phi) is 4.37. The molecule has 114 valence electrons. The molecule has 0 bridgehead atoms. The van der Waals surface area contributed by atoms with E-state index in [2.05, 4.69) is 6.92 Å². The van der Waals surface area contributed by atoms with E-state index in [0.29, 0.717) is 38.5 Å². The molecule has 0 radical (unpaired) electrons. The second kappa shape index (κ2) is 5.72. The molecule has 0 aromatic heterocycles. The number of nitrogens with zero attached hydrogens (tertiary/aromatic N) is 1. The number of ether oxygens (including phenoxy) is 1. The van der Waals surface area contributed by atoms with Gasteiger partial charge in [0.25, 0.3) is 0 Å². The number of morpholine rings is 1. The lowest BCUT2D eigenvalue weighted by Gasteiger charge is -2.43. The van der Waals surface area contributed by atoms with Crippen molar-refractivity contribution >= 4 is 11.9 Å². The maximum absolute atomic E-state index is 12.8. The van der Waals surface area contributed by atoms with Gasteiger partial charge < -0.3 is 14.7 Å². The zero-order valence-corrected chi connectivity index (χ0v) is 12.6. The van der Waals surface area contributed by atoms with E-state index < -0.39 is 11.9 Å². The molecular weight excluding hydrogens is 258 g/mol. The zero-order valence-electron chi connectivity index (χ0n) is 12.6. The predicted molar refractivity (Wildman–Crippen MR) is 74.2 cm³/mol. The van der Waals surface area contributed by atoms with E-state index in [1.165, 1.54) is 0 Å². The van der Waals surface area contributed by atoms with E-state index in [1.54, 1.807) is 0 Å². The molecule has 20 heavy (non-hydrogen) atoms. The number of hydrogen-bond donors (Lipinski definition) is 1. The summed E-state index contributed by atoms with van der Waals surface area (Å²) < 4.78 is 5.43. The van der Waals surface area contributed by atoms with Crippen LogP contribution in [0.15, 0.2) is 0 Å². The third kappa shape index (κ3) is 2.82. The first-order valence-corrected chi connectivity index (χ1v) is 7.49. The lowest BCUT2D eigenvalue weighted by atomic mass is 9.91. The van der Waals surface area contributed by atoms with Crippen LogP contribution in [0.25, 0.3) is 0 Å². The monoisotopic (exact) mass is 283 g/mol. The Hall–Kier alpha value is -1.10. The molecule has 3 atom stereocenters. The fourth-order valence-corrected chi connectivity index (χ4v) is 3.49. The quantitative estimate of drug-likeness (QED) is 0.857. The molecule has 0 spiro atoms. The van der Waals surface area contributed by atoms with Crippen LogP contribution < -0.4 is 0 Å². The molecule has 5 nitrogen and oxygen atoms in total. The zero-order chi connectivity index (χ0) is 14.9. The van der Waals surface area contributed by atoms with E-state index in [1.807, 2.05) is 18.7 Å². The largest absolute Gasteiger partial charge is 0.481 e. The van der Waals surface area contributed by atoms with Crippen LogP contribution in [-0.4, -0.2) is 47.2 Å². The highest BCUT2D eigenvalue weighted by Crippen LogP contribution is 2.40. The Morgan fingerprint density at radius 2 is 1.95 bits per heavy atom. The SMILES string of the molecule is CCC1C[C@H](C(=O)N2CCOCC2(C)C)[C@H](C(=O)O)C1. The Labute approximate surface area is 120 Å². The summed E-state index contributed by atoms with van der Waals surface area (Å²) in [5, 5.41) is 9.38. The maximum atomic E-state index is 12.8. The van der Waals surface area contributed by atoms with Gasteiger partial charge in [0.15, 0.2) is 0 Å². The van der Waals surface area contributed by atoms with E-state index >= 15 is 0 Å². The minimum atomic E-state index is -0.828. The molecule has 1 amide bonds. The molecule has 1 saturated carbocycles. The highest BCUT2D eigenvalue weighted by molar-refractivity contribution is 5.86. The Morgan fingerprint density at radius 3 is 2.50 bits per heavy atom. The van der Waals surface area contributed by atoms with Gasteiger partial charge in [-0.15, -0.1) is 0 Å². The van der Waals surface area contributed by atoms with Crippen molar-refractivity contribution in [3.05, 3.63) is 0 Å². The number of aliphatic carboxylic acids is 1. The van der Waals surface area contributed by atoms with Crippen LogP contribution >= 0.6 is 0 Å². The van der Waals surface area contributed by atoms with Gasteiger partial charge in [0, 0.05) is 6.54 Å². The van der Waals surface area contributed by atoms with E-state index in [4.69, 9.17) is 4.74 Å². The number of carbonyl (C=O) groups excluding carboxylic acids is 1. The lowest BCUT2D eigenvalue weighted by Crippen LogP contribution is -2.57. The standard InChI is InChI=1S/C15H25NO4/c1-4-10-7-11(12(8-10)14(18)19)13(17)16-5-6-20-9-15(16,2)3/h10-12H,4-9H2,1-3H3,(H,18,19)/t10?,11-,12+/m0/s1. The topological polar surface area (TPSA) is 66.8 Å². The molecule has 1 N–H and O–H groups in total. The van der Waals surface area contributed by atoms with Gasteiger partial charge in [-0.1, -0.05) is 13.3 Å². The van der Waals surface area contributed by atoms with Gasteiger partial charge in [0.2, 0.25) is 5.91 Å². The van der Waals surface area contributed by atoms with Gasteiger partial charge in [0.05, 0.1) is 30.6 Å². The molecule has 2 fully saturated rings. The van der Waals surface area contributed by atoms with Crippen molar-refractivity contribution in [1.29, 1.82) is 0 Å². The van der Waals surface area contributed by atoms with E-state index in [0.717, 1.165) is 6.42 Å². The van der Waals surface area contributed by atoms with Crippen molar-refractivity contribution in [2.24, 2.45) is 17.8 Å². The first-order chi connectivity index (χ1) is 9.36. The van der Waals surface area contributed by atoms with Crippen molar-refractivity contribution in [3.8, 4) is 0 Å². The first kappa shape index (κ1) is 15.3. The number of rotatable bonds is 3. The second-order valence-corrected chi connectivity index (χ2v) is 6.65. The number of carboxylic acid groups (broad SMARTS) is 1. The third-order valence-corrected chi connectivity index (χ3v) is 4.78. The fourth-order valence-electron chi connectivity index (χ4n) is 3.49. The summed E-state index contributed by atoms with van der Waals surface area (Å²) in [6, 6.07) is 0. The smallest absolute Gasteiger partial charge is 0.307 e. The van der Waals surface area contributed by atoms with Crippen molar-refractivity contribution in [2.75, 3.05) is 19.8 Å². The summed E-state index contributed by atoms with van der Waals surface area (Å²) in [5.74, 6) is -1.36. The van der Waals surface area contributed by atoms with Crippen molar-refractivity contribution in [3.63, 3.8) is 0 Å². The molecular formula is C15H25NO4. The summed E-state index contributed by atoms with van der Waals surface area (Å²) in [6.45, 7) is 7.63. The summed E-state index contributed by atoms with van der Waals surface area (Å²) in [4.78, 5) is 26.1. The molecule has 1 unspecified atom stereocenters. The molecule has 1 saturated heterocycles. The van der Waals surface area contributed by atoms with Crippen LogP contribution in [0.3, 0.4) is 0 Å².